The number of nitrogens with zero attached hydrogens (tertiary/aromatic N) is 6. The fourth-order valence-corrected chi connectivity index (χ4v) is 7.70. The van der Waals surface area contributed by atoms with E-state index in [0.29, 0.717) is 12.8 Å². The van der Waals surface area contributed by atoms with Gasteiger partial charge in [-0.05, 0) is 30.9 Å². The monoisotopic (exact) mass is 898 g/mol. The van der Waals surface area contributed by atoms with Gasteiger partial charge in [-0.2, -0.15) is 4.98 Å². The van der Waals surface area contributed by atoms with Crippen LogP contribution in [-0.4, -0.2) is 117 Å². The van der Waals surface area contributed by atoms with Crippen LogP contribution in [0.4, 0.5) is 16.4 Å². The molecule has 2 unspecified atom stereocenters. The highest BCUT2D eigenvalue weighted by Gasteiger charge is 2.50. The van der Waals surface area contributed by atoms with Crippen molar-refractivity contribution >= 4 is 50.5 Å². The van der Waals surface area contributed by atoms with Crippen molar-refractivity contribution in [2.45, 2.75) is 81.3 Å². The molecule has 2 saturated heterocycles. The molecule has 332 valence electrons. The fourth-order valence-electron chi connectivity index (χ4n) is 6.40. The lowest BCUT2D eigenvalue weighted by Crippen LogP contribution is -2.43. The smallest absolute Gasteiger partial charge is 0.455 e. The Labute approximate surface area is 345 Å². The minimum absolute atomic E-state index is 0.0166. The predicted molar refractivity (Wildman–Crippen MR) is 206 cm³/mol. The number of carbonyl (C=O) groups excluding carboxylic acids is 2. The topological polar surface area (TPSA) is 382 Å². The first kappa shape index (κ1) is 45.6. The highest BCUT2D eigenvalue weighted by atomic mass is 31.2. The van der Waals surface area contributed by atoms with Crippen molar-refractivity contribution in [1.29, 1.82) is 0 Å². The van der Waals surface area contributed by atoms with Crippen LogP contribution in [0, 0.1) is 0 Å². The molecule has 26 nitrogen and oxygen atoms in total. The predicted octanol–water partition coefficient (Wildman–Crippen LogP) is -0.259. The molecular formula is C33H44N10O16P2. The van der Waals surface area contributed by atoms with Crippen molar-refractivity contribution < 1.29 is 71.0 Å². The number of esters is 1. The van der Waals surface area contributed by atoms with Gasteiger partial charge in [-0.1, -0.05) is 30.3 Å². The van der Waals surface area contributed by atoms with Crippen LogP contribution in [0.1, 0.15) is 43.7 Å². The van der Waals surface area contributed by atoms with E-state index < -0.39 is 95.6 Å². The van der Waals surface area contributed by atoms with Crippen molar-refractivity contribution in [3.8, 4) is 0 Å². The second kappa shape index (κ2) is 19.8. The SMILES string of the molecule is Nc1ccn([C@H]2C[C@H](OP(=O)(O)OC[C@H]3O[C@@H](n4cnc5c(N)ncnc54)[C@H](O)[C@@H]3OC(=O)C(N)CCCCNC(=O)OCc3ccccc3)[C@@H](COP(=O)(O)O)O2)c(=O)n1. The molecule has 6 rings (SSSR count). The number of unbranched alkanes of at least 4 members (excludes halogenated alkanes) is 1. The summed E-state index contributed by atoms with van der Waals surface area (Å²) < 4.78 is 64.8. The molecule has 0 bridgehead atoms. The van der Waals surface area contributed by atoms with E-state index in [0.717, 1.165) is 16.5 Å². The summed E-state index contributed by atoms with van der Waals surface area (Å²) in [5, 5.41) is 14.1. The number of rotatable bonds is 19. The number of hydrogen-bond donors (Lipinski definition) is 8. The number of imidazole rings is 1. The average molecular weight is 899 g/mol. The minimum atomic E-state index is -5.18. The van der Waals surface area contributed by atoms with E-state index in [1.807, 2.05) is 30.3 Å². The van der Waals surface area contributed by atoms with Crippen LogP contribution in [0.2, 0.25) is 0 Å². The zero-order valence-electron chi connectivity index (χ0n) is 32.0. The van der Waals surface area contributed by atoms with E-state index in [-0.39, 0.29) is 48.8 Å². The maximum absolute atomic E-state index is 13.4. The number of benzene rings is 1. The molecule has 2 fully saturated rings. The zero-order chi connectivity index (χ0) is 43.9. The van der Waals surface area contributed by atoms with Crippen molar-refractivity contribution in [2.75, 3.05) is 31.2 Å². The number of nitrogen functional groups attached to an aromatic ring is 2. The lowest BCUT2D eigenvalue weighted by atomic mass is 10.1. The molecule has 0 aliphatic carbocycles. The van der Waals surface area contributed by atoms with E-state index in [4.69, 9.17) is 45.2 Å². The number of aromatic nitrogens is 6. The van der Waals surface area contributed by atoms with Gasteiger partial charge in [-0.15, -0.1) is 0 Å². The van der Waals surface area contributed by atoms with E-state index >= 15 is 0 Å². The lowest BCUT2D eigenvalue weighted by Gasteiger charge is -2.24. The number of nitrogens with two attached hydrogens (primary N) is 3. The summed E-state index contributed by atoms with van der Waals surface area (Å²) in [6, 6.07) is 9.18. The number of fused-ring (bicyclic) bond motifs is 1. The summed E-state index contributed by atoms with van der Waals surface area (Å²) in [5.41, 5.74) is 17.9. The standard InChI is InChI=1S/C33H44N10O16P2/c34-19(8-4-5-10-37-33(47)53-13-18-6-2-1-3-7-18)31(45)58-27-22(57-30(26(27)44)43-17-40-25-28(36)38-16-39-29(25)43)15-55-61(51,52)59-20-12-24(42-11-9-23(35)41-32(42)46)56-21(20)14-54-60(48,49)50/h1-3,6-7,9,11,16-17,19-22,24,26-27,30,44H,4-5,8,10,12-15,34H2,(H,37,47)(H,51,52)(H2,35,41,46)(H2,36,38,39)(H2,48,49,50)/t19?,20-,21+,22+,24+,26+,27+,30+/m0/s1. The van der Waals surface area contributed by atoms with E-state index in [1.54, 1.807) is 0 Å². The van der Waals surface area contributed by atoms with Gasteiger partial charge in [-0.3, -0.25) is 27.5 Å². The molecule has 4 aromatic rings. The maximum atomic E-state index is 13.4. The zero-order valence-corrected chi connectivity index (χ0v) is 33.8. The van der Waals surface area contributed by atoms with Gasteiger partial charge in [-0.25, -0.2) is 33.7 Å². The van der Waals surface area contributed by atoms with Gasteiger partial charge in [0.1, 0.15) is 61.0 Å². The molecular weight excluding hydrogens is 854 g/mol. The van der Waals surface area contributed by atoms with Gasteiger partial charge in [0.2, 0.25) is 0 Å². The van der Waals surface area contributed by atoms with Crippen molar-refractivity contribution in [2.24, 2.45) is 5.73 Å². The summed E-state index contributed by atoms with van der Waals surface area (Å²) in [7, 11) is -10.2. The molecule has 1 amide bonds. The molecule has 0 saturated carbocycles. The fraction of sp³-hybridized carbons (Fsp3) is 0.485. The van der Waals surface area contributed by atoms with Gasteiger partial charge >= 0.3 is 33.4 Å². The minimum Gasteiger partial charge on any atom is -0.455 e. The second-order valence-corrected chi connectivity index (χ2v) is 16.4. The maximum Gasteiger partial charge on any atom is 0.472 e. The Morgan fingerprint density at radius 1 is 0.984 bits per heavy atom. The summed E-state index contributed by atoms with van der Waals surface area (Å²) >= 11 is 0. The normalized spacial score (nSPS) is 24.3. The highest BCUT2D eigenvalue weighted by molar-refractivity contribution is 7.47. The third-order valence-corrected chi connectivity index (χ3v) is 10.9. The molecule has 9 atom stereocenters. The summed E-state index contributed by atoms with van der Waals surface area (Å²) in [5.74, 6) is -1.05. The Morgan fingerprint density at radius 2 is 1.74 bits per heavy atom. The van der Waals surface area contributed by atoms with E-state index in [9.17, 15) is 43.3 Å². The van der Waals surface area contributed by atoms with Gasteiger partial charge in [0, 0.05) is 19.2 Å². The van der Waals surface area contributed by atoms with E-state index in [2.05, 4.69) is 29.8 Å². The van der Waals surface area contributed by atoms with Gasteiger partial charge < -0.3 is 61.3 Å². The third kappa shape index (κ3) is 12.1. The Morgan fingerprint density at radius 3 is 2.48 bits per heavy atom. The number of ether oxygens (including phenoxy) is 4. The van der Waals surface area contributed by atoms with Crippen molar-refractivity contribution in [3.05, 3.63) is 71.3 Å². The molecule has 2 aliphatic heterocycles. The summed E-state index contributed by atoms with van der Waals surface area (Å²) in [6.07, 6.45) is -6.64. The van der Waals surface area contributed by atoms with Crippen molar-refractivity contribution in [3.63, 3.8) is 0 Å². The molecule has 11 N–H and O–H groups in total. The van der Waals surface area contributed by atoms with Crippen molar-refractivity contribution in [1.82, 2.24) is 34.4 Å². The number of aliphatic hydroxyl groups excluding tert-OH is 1. The van der Waals surface area contributed by atoms with Crippen LogP contribution < -0.4 is 28.2 Å². The molecule has 28 heteroatoms. The van der Waals surface area contributed by atoms with Gasteiger partial charge in [0.25, 0.3) is 0 Å². The Balaban J connectivity index is 1.09. The number of nitrogens with one attached hydrogen (secondary N) is 1. The molecule has 2 aliphatic rings. The lowest BCUT2D eigenvalue weighted by molar-refractivity contribution is -0.158. The number of anilines is 2. The third-order valence-electron chi connectivity index (χ3n) is 9.37. The number of aliphatic hydroxyl groups is 1. The average Bonchev–Trinajstić information content (AvgIpc) is 3.90. The number of hydrogen-bond acceptors (Lipinski definition) is 20. The van der Waals surface area contributed by atoms with Crippen LogP contribution in [0.5, 0.6) is 0 Å². The first-order valence-corrected chi connectivity index (χ1v) is 21.5. The molecule has 3 aromatic heterocycles. The van der Waals surface area contributed by atoms with Crippen LogP contribution in [0.15, 0.2) is 60.0 Å². The van der Waals surface area contributed by atoms with Gasteiger partial charge in [0.05, 0.1) is 19.5 Å². The number of carbonyl (C=O) groups is 2. The number of alkyl carbamates (subject to hydrolysis) is 1. The van der Waals surface area contributed by atoms with Crippen LogP contribution in [-0.2, 0) is 53.1 Å². The van der Waals surface area contributed by atoms with Crippen LogP contribution >= 0.6 is 15.6 Å². The number of phosphoric ester groups is 2. The molecule has 1 aromatic carbocycles. The number of phosphoric acid groups is 2. The summed E-state index contributed by atoms with van der Waals surface area (Å²) in [6.45, 7) is -1.38. The first-order chi connectivity index (χ1) is 29.0. The molecule has 5 heterocycles. The van der Waals surface area contributed by atoms with E-state index in [1.165, 1.54) is 23.2 Å². The quantitative estimate of drug-likeness (QED) is 0.0341. The van der Waals surface area contributed by atoms with Gasteiger partial charge in [0.15, 0.2) is 23.8 Å². The summed E-state index contributed by atoms with van der Waals surface area (Å²) in [4.78, 5) is 83.0. The molecule has 61 heavy (non-hydrogen) atoms. The highest BCUT2D eigenvalue weighted by Crippen LogP contribution is 2.50. The van der Waals surface area contributed by atoms with Crippen LogP contribution in [0.3, 0.4) is 0 Å². The first-order valence-electron chi connectivity index (χ1n) is 18.5. The van der Waals surface area contributed by atoms with Crippen LogP contribution in [0.25, 0.3) is 11.2 Å². The Hall–Kier alpha value is -4.95. The number of amides is 1. The largest absolute Gasteiger partial charge is 0.472 e. The Bertz CT molecular complexity index is 2300. The second-order valence-electron chi connectivity index (χ2n) is 13.7. The molecule has 0 radical (unpaired) electrons. The molecule has 0 spiro atoms. The Kier molecular flexibility index (Phi) is 14.8.